The van der Waals surface area contributed by atoms with Gasteiger partial charge in [0.2, 0.25) is 0 Å². The molecular formula is C11H19N3. The van der Waals surface area contributed by atoms with Crippen molar-refractivity contribution in [2.75, 3.05) is 6.54 Å². The van der Waals surface area contributed by atoms with Crippen molar-refractivity contribution < 1.29 is 0 Å². The Morgan fingerprint density at radius 2 is 2.50 bits per heavy atom. The number of hydrogen-bond donors (Lipinski definition) is 1. The number of H-pyrrole nitrogens is 1. The summed E-state index contributed by atoms with van der Waals surface area (Å²) in [5.41, 5.74) is 1.23. The first-order chi connectivity index (χ1) is 6.77. The van der Waals surface area contributed by atoms with E-state index < -0.39 is 0 Å². The summed E-state index contributed by atoms with van der Waals surface area (Å²) in [6.45, 7) is 6.90. The van der Waals surface area contributed by atoms with E-state index in [2.05, 4.69) is 28.7 Å². The molecular weight excluding hydrogens is 174 g/mol. The second-order valence-corrected chi connectivity index (χ2v) is 4.50. The van der Waals surface area contributed by atoms with E-state index in [1.807, 2.05) is 6.20 Å². The molecule has 0 bridgehead atoms. The van der Waals surface area contributed by atoms with Gasteiger partial charge in [-0.1, -0.05) is 13.8 Å². The van der Waals surface area contributed by atoms with Gasteiger partial charge in [0.05, 0.1) is 6.33 Å². The summed E-state index contributed by atoms with van der Waals surface area (Å²) < 4.78 is 0. The van der Waals surface area contributed by atoms with Gasteiger partial charge in [0.25, 0.3) is 0 Å². The van der Waals surface area contributed by atoms with Crippen LogP contribution in [0.25, 0.3) is 0 Å². The maximum absolute atomic E-state index is 4.05. The number of rotatable bonds is 3. The number of imidazole rings is 1. The number of nitrogens with one attached hydrogen (secondary N) is 1. The molecule has 1 fully saturated rings. The zero-order chi connectivity index (χ0) is 9.97. The third-order valence-corrected chi connectivity index (χ3v) is 3.11. The molecule has 1 aliphatic rings. The summed E-state index contributed by atoms with van der Waals surface area (Å²) in [5, 5.41) is 0. The van der Waals surface area contributed by atoms with E-state index in [9.17, 15) is 0 Å². The second kappa shape index (κ2) is 4.13. The van der Waals surface area contributed by atoms with Crippen LogP contribution in [0.3, 0.4) is 0 Å². The van der Waals surface area contributed by atoms with Crippen LogP contribution in [-0.2, 0) is 6.54 Å². The fourth-order valence-corrected chi connectivity index (χ4v) is 2.39. The predicted octanol–water partition coefficient (Wildman–Crippen LogP) is 2.03. The van der Waals surface area contributed by atoms with Crippen LogP contribution in [0.4, 0.5) is 0 Å². The summed E-state index contributed by atoms with van der Waals surface area (Å²) >= 11 is 0. The van der Waals surface area contributed by atoms with Gasteiger partial charge >= 0.3 is 0 Å². The van der Waals surface area contributed by atoms with Gasteiger partial charge in [0, 0.05) is 24.5 Å². The van der Waals surface area contributed by atoms with Gasteiger partial charge in [-0.05, 0) is 25.3 Å². The van der Waals surface area contributed by atoms with Crippen molar-refractivity contribution in [1.29, 1.82) is 0 Å². The molecule has 3 heteroatoms. The van der Waals surface area contributed by atoms with Crippen LogP contribution in [0.2, 0.25) is 0 Å². The Kier molecular flexibility index (Phi) is 2.87. The molecule has 0 spiro atoms. The Hall–Kier alpha value is -0.830. The molecule has 14 heavy (non-hydrogen) atoms. The van der Waals surface area contributed by atoms with Gasteiger partial charge in [0.15, 0.2) is 0 Å². The van der Waals surface area contributed by atoms with Gasteiger partial charge in [-0.2, -0.15) is 0 Å². The van der Waals surface area contributed by atoms with Crippen LogP contribution in [0.5, 0.6) is 0 Å². The van der Waals surface area contributed by atoms with Crippen molar-refractivity contribution >= 4 is 0 Å². The summed E-state index contributed by atoms with van der Waals surface area (Å²) in [4.78, 5) is 9.79. The maximum atomic E-state index is 4.05. The van der Waals surface area contributed by atoms with Crippen molar-refractivity contribution in [2.24, 2.45) is 5.92 Å². The minimum atomic E-state index is 0.762. The van der Waals surface area contributed by atoms with Crippen LogP contribution >= 0.6 is 0 Å². The quantitative estimate of drug-likeness (QED) is 0.796. The van der Waals surface area contributed by atoms with Gasteiger partial charge in [-0.25, -0.2) is 4.98 Å². The normalized spacial score (nSPS) is 23.5. The van der Waals surface area contributed by atoms with E-state index in [0.29, 0.717) is 0 Å². The van der Waals surface area contributed by atoms with Gasteiger partial charge in [-0.15, -0.1) is 0 Å². The summed E-state index contributed by atoms with van der Waals surface area (Å²) in [6.07, 6.45) is 6.38. The first kappa shape index (κ1) is 9.71. The number of nitrogens with zero attached hydrogens (tertiary/aromatic N) is 2. The lowest BCUT2D eigenvalue weighted by atomic mass is 10.0. The monoisotopic (exact) mass is 193 g/mol. The largest absolute Gasteiger partial charge is 0.347 e. The highest BCUT2D eigenvalue weighted by Crippen LogP contribution is 2.24. The van der Waals surface area contributed by atoms with E-state index >= 15 is 0 Å². The molecule has 1 aromatic rings. The highest BCUT2D eigenvalue weighted by atomic mass is 15.2. The van der Waals surface area contributed by atoms with Crippen molar-refractivity contribution in [3.8, 4) is 0 Å². The predicted molar refractivity (Wildman–Crippen MR) is 56.9 cm³/mol. The van der Waals surface area contributed by atoms with Crippen LogP contribution < -0.4 is 0 Å². The summed E-state index contributed by atoms with van der Waals surface area (Å²) in [5.74, 6) is 0.764. The molecule has 1 atom stereocenters. The highest BCUT2D eigenvalue weighted by molar-refractivity contribution is 4.96. The molecule has 2 rings (SSSR count). The topological polar surface area (TPSA) is 31.9 Å². The molecule has 78 valence electrons. The van der Waals surface area contributed by atoms with E-state index in [0.717, 1.165) is 18.5 Å². The molecule has 0 amide bonds. The lowest BCUT2D eigenvalue weighted by Gasteiger charge is -2.26. The molecule has 3 nitrogen and oxygen atoms in total. The molecule has 0 aromatic carbocycles. The van der Waals surface area contributed by atoms with Crippen molar-refractivity contribution in [3.05, 3.63) is 18.2 Å². The first-order valence-electron chi connectivity index (χ1n) is 5.48. The minimum absolute atomic E-state index is 0.762. The van der Waals surface area contributed by atoms with Crippen LogP contribution in [0.1, 0.15) is 32.4 Å². The molecule has 1 saturated heterocycles. The molecule has 0 radical (unpaired) electrons. The average molecular weight is 193 g/mol. The van der Waals surface area contributed by atoms with Gasteiger partial charge in [0.1, 0.15) is 0 Å². The summed E-state index contributed by atoms with van der Waals surface area (Å²) in [7, 11) is 0. The number of aromatic nitrogens is 2. The Balaban J connectivity index is 1.97. The zero-order valence-electron chi connectivity index (χ0n) is 9.03. The third kappa shape index (κ3) is 1.98. The van der Waals surface area contributed by atoms with Crippen LogP contribution in [-0.4, -0.2) is 27.5 Å². The number of aromatic amines is 1. The highest BCUT2D eigenvalue weighted by Gasteiger charge is 2.26. The lowest BCUT2D eigenvalue weighted by molar-refractivity contribution is 0.197. The van der Waals surface area contributed by atoms with E-state index in [1.54, 1.807) is 6.33 Å². The minimum Gasteiger partial charge on any atom is -0.347 e. The molecule has 1 aliphatic heterocycles. The summed E-state index contributed by atoms with van der Waals surface area (Å²) in [6, 6.07) is 0.762. The van der Waals surface area contributed by atoms with Gasteiger partial charge < -0.3 is 4.98 Å². The molecule has 1 aromatic heterocycles. The third-order valence-electron chi connectivity index (χ3n) is 3.11. The average Bonchev–Trinajstić information content (AvgIpc) is 2.75. The van der Waals surface area contributed by atoms with E-state index in [4.69, 9.17) is 0 Å². The molecule has 1 N–H and O–H groups in total. The van der Waals surface area contributed by atoms with Crippen LogP contribution in [0, 0.1) is 5.92 Å². The standard InChI is InChI=1S/C11H19N3/c1-9(2)11-4-3-5-14(11)7-10-6-12-8-13-10/h6,8-9,11H,3-5,7H2,1-2H3,(H,12,13). The molecule has 2 heterocycles. The van der Waals surface area contributed by atoms with E-state index in [1.165, 1.54) is 25.1 Å². The van der Waals surface area contributed by atoms with E-state index in [-0.39, 0.29) is 0 Å². The number of hydrogen-bond acceptors (Lipinski definition) is 2. The molecule has 0 aliphatic carbocycles. The van der Waals surface area contributed by atoms with Crippen molar-refractivity contribution in [1.82, 2.24) is 14.9 Å². The van der Waals surface area contributed by atoms with Crippen LogP contribution in [0.15, 0.2) is 12.5 Å². The Labute approximate surface area is 85.5 Å². The Morgan fingerprint density at radius 3 is 3.14 bits per heavy atom. The second-order valence-electron chi connectivity index (χ2n) is 4.50. The lowest BCUT2D eigenvalue weighted by Crippen LogP contribution is -2.32. The SMILES string of the molecule is CC(C)C1CCCN1Cc1cnc[nH]1. The molecule has 1 unspecified atom stereocenters. The fraction of sp³-hybridized carbons (Fsp3) is 0.727. The van der Waals surface area contributed by atoms with Crippen molar-refractivity contribution in [2.45, 2.75) is 39.3 Å². The Morgan fingerprint density at radius 1 is 1.64 bits per heavy atom. The number of likely N-dealkylation sites (tertiary alicyclic amines) is 1. The smallest absolute Gasteiger partial charge is 0.0922 e. The fourth-order valence-electron chi connectivity index (χ4n) is 2.39. The maximum Gasteiger partial charge on any atom is 0.0922 e. The Bertz CT molecular complexity index is 266. The first-order valence-corrected chi connectivity index (χ1v) is 5.48. The van der Waals surface area contributed by atoms with Gasteiger partial charge in [-0.3, -0.25) is 4.90 Å². The zero-order valence-corrected chi connectivity index (χ0v) is 9.03. The van der Waals surface area contributed by atoms with Crippen molar-refractivity contribution in [3.63, 3.8) is 0 Å². The molecule has 0 saturated carbocycles.